The molecule has 1 aliphatic rings. The third-order valence-electron chi connectivity index (χ3n) is 4.04. The second-order valence-corrected chi connectivity index (χ2v) is 5.99. The molecule has 1 saturated heterocycles. The number of nitrogens with two attached hydrogens (primary N) is 1. The number of hydrogen-bond acceptors (Lipinski definition) is 4. The molecule has 6 nitrogen and oxygen atoms in total. The second kappa shape index (κ2) is 6.42. The number of carbonyl (C=O) groups is 2. The fraction of sp³-hybridized carbons (Fsp3) is 0.312. The van der Waals surface area contributed by atoms with Crippen molar-refractivity contribution in [3.05, 3.63) is 41.0 Å². The van der Waals surface area contributed by atoms with Crippen molar-refractivity contribution >= 4 is 23.4 Å². The Balaban J connectivity index is 1.69. The molecule has 7 heteroatoms. The Morgan fingerprint density at radius 3 is 2.48 bits per heavy atom. The van der Waals surface area contributed by atoms with E-state index in [0.717, 1.165) is 5.56 Å². The molecule has 23 heavy (non-hydrogen) atoms. The molecule has 0 bridgehead atoms. The molecule has 0 aliphatic carbocycles. The quantitative estimate of drug-likeness (QED) is 0.933. The lowest BCUT2D eigenvalue weighted by molar-refractivity contribution is -0.123. The summed E-state index contributed by atoms with van der Waals surface area (Å²) in [5.74, 6) is -0.140. The first-order chi connectivity index (χ1) is 11.0. The number of nitrogens with zero attached hydrogens (tertiary/aromatic N) is 2. The van der Waals surface area contributed by atoms with Gasteiger partial charge in [-0.25, -0.2) is 0 Å². The highest BCUT2D eigenvalue weighted by Gasteiger charge is 2.28. The third kappa shape index (κ3) is 3.37. The number of likely N-dealkylation sites (tertiary alicyclic amines) is 1. The lowest BCUT2D eigenvalue weighted by Gasteiger charge is -2.29. The van der Waals surface area contributed by atoms with E-state index in [-0.39, 0.29) is 23.4 Å². The fourth-order valence-electron chi connectivity index (χ4n) is 2.66. The van der Waals surface area contributed by atoms with Crippen LogP contribution in [0.1, 0.15) is 23.3 Å². The maximum Gasteiger partial charge on any atom is 0.276 e. The molecule has 1 aliphatic heterocycles. The summed E-state index contributed by atoms with van der Waals surface area (Å²) in [7, 11) is 0. The van der Waals surface area contributed by atoms with Crippen LogP contribution in [0.25, 0.3) is 11.3 Å². The van der Waals surface area contributed by atoms with Crippen LogP contribution in [0.4, 0.5) is 0 Å². The van der Waals surface area contributed by atoms with Crippen molar-refractivity contribution in [1.29, 1.82) is 0 Å². The Kier molecular flexibility index (Phi) is 4.34. The number of rotatable bonds is 3. The van der Waals surface area contributed by atoms with Crippen LogP contribution in [0.15, 0.2) is 34.9 Å². The van der Waals surface area contributed by atoms with Crippen LogP contribution >= 0.6 is 11.6 Å². The van der Waals surface area contributed by atoms with Gasteiger partial charge >= 0.3 is 0 Å². The van der Waals surface area contributed by atoms with Gasteiger partial charge in [0.1, 0.15) is 0 Å². The van der Waals surface area contributed by atoms with Gasteiger partial charge < -0.3 is 15.2 Å². The van der Waals surface area contributed by atoms with Crippen LogP contribution in [0.2, 0.25) is 5.02 Å². The normalized spacial score (nSPS) is 15.6. The molecule has 120 valence electrons. The molecule has 2 N–H and O–H groups in total. The van der Waals surface area contributed by atoms with Gasteiger partial charge in [0.2, 0.25) is 5.91 Å². The monoisotopic (exact) mass is 333 g/mol. The van der Waals surface area contributed by atoms with Crippen LogP contribution in [-0.4, -0.2) is 35.0 Å². The molecule has 1 fully saturated rings. The van der Waals surface area contributed by atoms with Crippen LogP contribution in [0, 0.1) is 5.92 Å². The maximum atomic E-state index is 12.4. The van der Waals surface area contributed by atoms with E-state index in [1.165, 1.54) is 0 Å². The van der Waals surface area contributed by atoms with Crippen molar-refractivity contribution in [2.45, 2.75) is 12.8 Å². The Hall–Kier alpha value is -2.34. The minimum Gasteiger partial charge on any atom is -0.369 e. The second-order valence-electron chi connectivity index (χ2n) is 5.55. The lowest BCUT2D eigenvalue weighted by atomic mass is 9.96. The molecule has 2 aromatic rings. The summed E-state index contributed by atoms with van der Waals surface area (Å²) < 4.78 is 5.25. The highest BCUT2D eigenvalue weighted by molar-refractivity contribution is 6.30. The van der Waals surface area contributed by atoms with Gasteiger partial charge in [-0.2, -0.15) is 0 Å². The number of primary amides is 1. The van der Waals surface area contributed by atoms with Crippen molar-refractivity contribution < 1.29 is 14.1 Å². The number of carbonyl (C=O) groups excluding carboxylic acids is 2. The number of hydrogen-bond donors (Lipinski definition) is 1. The SMILES string of the molecule is NC(=O)C1CCN(C(=O)c2cc(-c3ccc(Cl)cc3)on2)CC1. The summed E-state index contributed by atoms with van der Waals surface area (Å²) in [6.07, 6.45) is 1.17. The zero-order valence-electron chi connectivity index (χ0n) is 12.4. The first-order valence-corrected chi connectivity index (χ1v) is 7.73. The zero-order valence-corrected chi connectivity index (χ0v) is 13.1. The predicted octanol–water partition coefficient (Wildman–Crippen LogP) is 2.33. The average Bonchev–Trinajstić information content (AvgIpc) is 3.05. The summed E-state index contributed by atoms with van der Waals surface area (Å²) in [5.41, 5.74) is 6.36. The Morgan fingerprint density at radius 1 is 1.22 bits per heavy atom. The number of halogens is 1. The third-order valence-corrected chi connectivity index (χ3v) is 4.29. The van der Waals surface area contributed by atoms with Gasteiger partial charge in [-0.15, -0.1) is 0 Å². The molecule has 1 aromatic heterocycles. The summed E-state index contributed by atoms with van der Waals surface area (Å²) in [5, 5.41) is 4.48. The smallest absolute Gasteiger partial charge is 0.276 e. The Labute approximate surface area is 138 Å². The largest absolute Gasteiger partial charge is 0.369 e. The minimum atomic E-state index is -0.302. The van der Waals surface area contributed by atoms with E-state index in [1.807, 2.05) is 0 Å². The van der Waals surface area contributed by atoms with E-state index in [1.54, 1.807) is 35.2 Å². The van der Waals surface area contributed by atoms with E-state index in [9.17, 15) is 9.59 Å². The van der Waals surface area contributed by atoms with Gasteiger partial charge in [0.25, 0.3) is 5.91 Å². The first-order valence-electron chi connectivity index (χ1n) is 7.36. The first kappa shape index (κ1) is 15.6. The lowest BCUT2D eigenvalue weighted by Crippen LogP contribution is -2.41. The molecule has 3 rings (SSSR count). The van der Waals surface area contributed by atoms with Crippen LogP contribution in [-0.2, 0) is 4.79 Å². The van der Waals surface area contributed by atoms with Gasteiger partial charge in [0.15, 0.2) is 11.5 Å². The minimum absolute atomic E-state index is 0.152. The molecule has 0 atom stereocenters. The average molecular weight is 334 g/mol. The van der Waals surface area contributed by atoms with Gasteiger partial charge in [-0.05, 0) is 37.1 Å². The van der Waals surface area contributed by atoms with Crippen LogP contribution in [0.5, 0.6) is 0 Å². The Morgan fingerprint density at radius 2 is 1.87 bits per heavy atom. The van der Waals surface area contributed by atoms with Crippen molar-refractivity contribution in [1.82, 2.24) is 10.1 Å². The summed E-state index contributed by atoms with van der Waals surface area (Å²) in [6, 6.07) is 8.71. The van der Waals surface area contributed by atoms with Crippen molar-refractivity contribution in [3.63, 3.8) is 0 Å². The van der Waals surface area contributed by atoms with Crippen molar-refractivity contribution in [3.8, 4) is 11.3 Å². The molecular weight excluding hydrogens is 318 g/mol. The van der Waals surface area contributed by atoms with Crippen LogP contribution in [0.3, 0.4) is 0 Å². The molecule has 2 heterocycles. The van der Waals surface area contributed by atoms with Crippen molar-refractivity contribution in [2.75, 3.05) is 13.1 Å². The summed E-state index contributed by atoms with van der Waals surface area (Å²) >= 11 is 5.85. The highest BCUT2D eigenvalue weighted by atomic mass is 35.5. The standard InChI is InChI=1S/C16H16ClN3O3/c17-12-3-1-10(2-4-12)14-9-13(19-23-14)16(22)20-7-5-11(6-8-20)15(18)21/h1-4,9,11H,5-8H2,(H2,18,21). The van der Waals surface area contributed by atoms with Gasteiger partial charge in [-0.3, -0.25) is 9.59 Å². The topological polar surface area (TPSA) is 89.4 Å². The predicted molar refractivity (Wildman–Crippen MR) is 84.8 cm³/mol. The van der Waals surface area contributed by atoms with Gasteiger partial charge in [-0.1, -0.05) is 16.8 Å². The summed E-state index contributed by atoms with van der Waals surface area (Å²) in [6.45, 7) is 0.991. The number of benzene rings is 1. The number of piperidine rings is 1. The molecule has 0 saturated carbocycles. The number of amides is 2. The van der Waals surface area contributed by atoms with Gasteiger partial charge in [0, 0.05) is 35.7 Å². The van der Waals surface area contributed by atoms with E-state index >= 15 is 0 Å². The molecule has 0 unspecified atom stereocenters. The highest BCUT2D eigenvalue weighted by Crippen LogP contribution is 2.24. The van der Waals surface area contributed by atoms with Crippen molar-refractivity contribution in [2.24, 2.45) is 11.7 Å². The van der Waals surface area contributed by atoms with Crippen LogP contribution < -0.4 is 5.73 Å². The molecular formula is C16H16ClN3O3. The molecule has 0 spiro atoms. The maximum absolute atomic E-state index is 12.4. The molecule has 2 amide bonds. The van der Waals surface area contributed by atoms with E-state index in [2.05, 4.69) is 5.16 Å². The Bertz CT molecular complexity index is 718. The molecule has 1 aromatic carbocycles. The van der Waals surface area contributed by atoms with E-state index in [4.69, 9.17) is 21.9 Å². The van der Waals surface area contributed by atoms with E-state index < -0.39 is 0 Å². The molecule has 0 radical (unpaired) electrons. The fourth-order valence-corrected chi connectivity index (χ4v) is 2.78. The number of aromatic nitrogens is 1. The summed E-state index contributed by atoms with van der Waals surface area (Å²) in [4.78, 5) is 25.3. The van der Waals surface area contributed by atoms with Gasteiger partial charge in [0.05, 0.1) is 0 Å². The van der Waals surface area contributed by atoms with E-state index in [0.29, 0.717) is 36.7 Å². The zero-order chi connectivity index (χ0) is 16.4.